The molecule has 1 atom stereocenters. The monoisotopic (exact) mass is 438 g/mol. The second-order valence-corrected chi connectivity index (χ2v) is 8.47. The van der Waals surface area contributed by atoms with Gasteiger partial charge in [-0.3, -0.25) is 14.5 Å². The first-order chi connectivity index (χ1) is 15.0. The normalized spacial score (nSPS) is 15.7. The first-order valence-corrected chi connectivity index (χ1v) is 11.3. The van der Waals surface area contributed by atoms with Crippen molar-refractivity contribution < 1.29 is 9.21 Å². The van der Waals surface area contributed by atoms with Gasteiger partial charge in [-0.15, -0.1) is 0 Å². The molecule has 1 saturated heterocycles. The van der Waals surface area contributed by atoms with Gasteiger partial charge in [-0.2, -0.15) is 0 Å². The molecule has 1 aliphatic rings. The van der Waals surface area contributed by atoms with Crippen LogP contribution in [0.4, 0.5) is 0 Å². The van der Waals surface area contributed by atoms with Crippen molar-refractivity contribution >= 4 is 28.5 Å². The van der Waals surface area contributed by atoms with E-state index in [1.165, 1.54) is 12.5 Å². The van der Waals surface area contributed by atoms with Gasteiger partial charge >= 0.3 is 0 Å². The molecule has 1 fully saturated rings. The summed E-state index contributed by atoms with van der Waals surface area (Å²) in [5.74, 6) is -0.343. The molecule has 2 heterocycles. The number of carbonyl (C=O) groups excluding carboxylic acids is 1. The zero-order valence-electron chi connectivity index (χ0n) is 17.7. The highest BCUT2D eigenvalue weighted by Crippen LogP contribution is 2.25. The summed E-state index contributed by atoms with van der Waals surface area (Å²) in [5, 5.41) is 4.17. The molecule has 0 spiro atoms. The predicted octanol–water partition coefficient (Wildman–Crippen LogP) is 4.97. The zero-order valence-corrected chi connectivity index (χ0v) is 18.5. The second-order valence-electron chi connectivity index (χ2n) is 8.03. The van der Waals surface area contributed by atoms with Crippen molar-refractivity contribution in [2.75, 3.05) is 19.6 Å². The molecule has 6 heteroatoms. The first kappa shape index (κ1) is 21.6. The van der Waals surface area contributed by atoms with Crippen LogP contribution in [0, 0.1) is 0 Å². The van der Waals surface area contributed by atoms with Crippen LogP contribution < -0.4 is 10.7 Å². The Balaban J connectivity index is 1.54. The number of fused-ring (bicyclic) bond motifs is 1. The average Bonchev–Trinajstić information content (AvgIpc) is 2.80. The molecule has 0 unspecified atom stereocenters. The van der Waals surface area contributed by atoms with Crippen molar-refractivity contribution in [3.8, 4) is 0 Å². The molecule has 1 amide bonds. The summed E-state index contributed by atoms with van der Waals surface area (Å²) in [6.07, 6.45) is 4.37. The zero-order chi connectivity index (χ0) is 21.8. The first-order valence-electron chi connectivity index (χ1n) is 10.9. The lowest BCUT2D eigenvalue weighted by atomic mass is 10.0. The lowest BCUT2D eigenvalue weighted by Gasteiger charge is -2.35. The molecule has 0 radical (unpaired) electrons. The summed E-state index contributed by atoms with van der Waals surface area (Å²) in [6.45, 7) is 4.45. The maximum absolute atomic E-state index is 12.9. The lowest BCUT2D eigenvalue weighted by molar-refractivity contribution is 0.0897. The molecule has 0 bridgehead atoms. The molecule has 31 heavy (non-hydrogen) atoms. The molecule has 162 valence electrons. The quantitative estimate of drug-likeness (QED) is 0.590. The number of likely N-dealkylation sites (tertiary alicyclic amines) is 1. The Morgan fingerprint density at radius 1 is 1.10 bits per heavy atom. The van der Waals surface area contributed by atoms with Crippen LogP contribution in [-0.2, 0) is 6.42 Å². The van der Waals surface area contributed by atoms with E-state index in [1.54, 1.807) is 6.07 Å². The summed E-state index contributed by atoms with van der Waals surface area (Å²) in [5.41, 5.74) is 2.40. The van der Waals surface area contributed by atoms with Crippen molar-refractivity contribution in [3.63, 3.8) is 0 Å². The summed E-state index contributed by atoms with van der Waals surface area (Å²) in [4.78, 5) is 27.8. The van der Waals surface area contributed by atoms with Gasteiger partial charge in [0.2, 0.25) is 0 Å². The SMILES string of the molecule is CCc1ccc2oc(C(=O)NC[C@H](c3ccc(Cl)cc3)N3CCCCC3)cc(=O)c2c1. The van der Waals surface area contributed by atoms with Gasteiger partial charge in [0.25, 0.3) is 5.91 Å². The molecule has 3 aromatic rings. The number of piperidine rings is 1. The topological polar surface area (TPSA) is 62.6 Å². The third-order valence-corrected chi connectivity index (χ3v) is 6.22. The minimum absolute atomic E-state index is 0.0373. The molecule has 1 N–H and O–H groups in total. The van der Waals surface area contributed by atoms with Crippen molar-refractivity contribution in [2.45, 2.75) is 38.6 Å². The number of carbonyl (C=O) groups is 1. The van der Waals surface area contributed by atoms with E-state index in [0.29, 0.717) is 22.5 Å². The summed E-state index contributed by atoms with van der Waals surface area (Å²) < 4.78 is 5.76. The number of nitrogens with zero attached hydrogens (tertiary/aromatic N) is 1. The Bertz CT molecular complexity index is 1120. The van der Waals surface area contributed by atoms with Crippen LogP contribution in [0.2, 0.25) is 5.02 Å². The number of halogens is 1. The van der Waals surface area contributed by atoms with Crippen molar-refractivity contribution in [1.29, 1.82) is 0 Å². The number of amides is 1. The molecular weight excluding hydrogens is 412 g/mol. The fourth-order valence-electron chi connectivity index (χ4n) is 4.18. The van der Waals surface area contributed by atoms with Crippen molar-refractivity contribution in [3.05, 3.63) is 80.7 Å². The Labute approximate surface area is 187 Å². The maximum atomic E-state index is 12.9. The summed E-state index contributed by atoms with van der Waals surface area (Å²) in [6, 6.07) is 14.6. The van der Waals surface area contributed by atoms with Gasteiger partial charge in [0.1, 0.15) is 5.58 Å². The molecule has 0 saturated carbocycles. The predicted molar refractivity (Wildman–Crippen MR) is 124 cm³/mol. The number of nitrogens with one attached hydrogen (secondary N) is 1. The highest BCUT2D eigenvalue weighted by atomic mass is 35.5. The van der Waals surface area contributed by atoms with Gasteiger partial charge in [-0.1, -0.05) is 43.1 Å². The Kier molecular flexibility index (Phi) is 6.73. The van der Waals surface area contributed by atoms with Gasteiger partial charge in [0.15, 0.2) is 11.2 Å². The van der Waals surface area contributed by atoms with Crippen LogP contribution in [0.3, 0.4) is 0 Å². The molecule has 1 aromatic heterocycles. The maximum Gasteiger partial charge on any atom is 0.287 e. The van der Waals surface area contributed by atoms with Crippen LogP contribution >= 0.6 is 11.6 Å². The third-order valence-electron chi connectivity index (χ3n) is 5.97. The van der Waals surface area contributed by atoms with E-state index < -0.39 is 0 Å². The average molecular weight is 439 g/mol. The van der Waals surface area contributed by atoms with E-state index in [-0.39, 0.29) is 23.1 Å². The number of hydrogen-bond donors (Lipinski definition) is 1. The number of hydrogen-bond acceptors (Lipinski definition) is 4. The fraction of sp³-hybridized carbons (Fsp3) is 0.360. The van der Waals surface area contributed by atoms with Crippen LogP contribution in [0.5, 0.6) is 0 Å². The van der Waals surface area contributed by atoms with Crippen LogP contribution in [0.25, 0.3) is 11.0 Å². The summed E-state index contributed by atoms with van der Waals surface area (Å²) >= 11 is 6.07. The Morgan fingerprint density at radius 3 is 2.55 bits per heavy atom. The van der Waals surface area contributed by atoms with Gasteiger partial charge in [0, 0.05) is 17.6 Å². The largest absolute Gasteiger partial charge is 0.451 e. The van der Waals surface area contributed by atoms with E-state index in [1.807, 2.05) is 43.3 Å². The number of benzene rings is 2. The molecule has 4 rings (SSSR count). The standard InChI is InChI=1S/C25H27ClN2O3/c1-2-17-6-11-23-20(14-17)22(29)15-24(31-23)25(30)27-16-21(28-12-4-3-5-13-28)18-7-9-19(26)10-8-18/h6-11,14-15,21H,2-5,12-13,16H2,1H3,(H,27,30)/t21-/m1/s1. The van der Waals surface area contributed by atoms with Crippen molar-refractivity contribution in [2.24, 2.45) is 0 Å². The lowest BCUT2D eigenvalue weighted by Crippen LogP contribution is -2.40. The van der Waals surface area contributed by atoms with E-state index >= 15 is 0 Å². The van der Waals surface area contributed by atoms with Gasteiger partial charge in [-0.05, 0) is 67.7 Å². The molecule has 2 aromatic carbocycles. The van der Waals surface area contributed by atoms with Crippen LogP contribution in [0.1, 0.15) is 53.9 Å². The van der Waals surface area contributed by atoms with Crippen LogP contribution in [0.15, 0.2) is 57.7 Å². The molecule has 0 aliphatic carbocycles. The molecule has 1 aliphatic heterocycles. The minimum Gasteiger partial charge on any atom is -0.451 e. The van der Waals surface area contributed by atoms with E-state index in [4.69, 9.17) is 16.0 Å². The van der Waals surface area contributed by atoms with Gasteiger partial charge in [0.05, 0.1) is 11.4 Å². The fourth-order valence-corrected chi connectivity index (χ4v) is 4.31. The van der Waals surface area contributed by atoms with Crippen LogP contribution in [-0.4, -0.2) is 30.4 Å². The molecule has 5 nitrogen and oxygen atoms in total. The van der Waals surface area contributed by atoms with Gasteiger partial charge in [-0.25, -0.2) is 0 Å². The van der Waals surface area contributed by atoms with E-state index in [9.17, 15) is 9.59 Å². The second kappa shape index (κ2) is 9.67. The number of rotatable bonds is 6. The minimum atomic E-state index is -0.380. The molecular formula is C25H27ClN2O3. The smallest absolute Gasteiger partial charge is 0.287 e. The number of aryl methyl sites for hydroxylation is 1. The van der Waals surface area contributed by atoms with Crippen molar-refractivity contribution in [1.82, 2.24) is 10.2 Å². The van der Waals surface area contributed by atoms with Gasteiger partial charge < -0.3 is 9.73 Å². The highest BCUT2D eigenvalue weighted by Gasteiger charge is 2.23. The van der Waals surface area contributed by atoms with E-state index in [2.05, 4.69) is 10.2 Å². The Hall–Kier alpha value is -2.63. The summed E-state index contributed by atoms with van der Waals surface area (Å²) in [7, 11) is 0. The highest BCUT2D eigenvalue weighted by molar-refractivity contribution is 6.30. The van der Waals surface area contributed by atoms with E-state index in [0.717, 1.165) is 43.5 Å². The Morgan fingerprint density at radius 2 is 1.84 bits per heavy atom. The third kappa shape index (κ3) is 5.00.